The van der Waals surface area contributed by atoms with Crippen LogP contribution in [0.15, 0.2) is 24.3 Å². The molecule has 2 atom stereocenters. The molecule has 0 unspecified atom stereocenters. The molecule has 0 radical (unpaired) electrons. The monoisotopic (exact) mass is 289 g/mol. The van der Waals surface area contributed by atoms with Crippen LogP contribution in [0.3, 0.4) is 0 Å². The second-order valence-corrected chi connectivity index (χ2v) is 3.60. The fourth-order valence-corrected chi connectivity index (χ4v) is 1.35. The summed E-state index contributed by atoms with van der Waals surface area (Å²) in [6, 6.07) is 1.96. The fourth-order valence-electron chi connectivity index (χ4n) is 1.35. The van der Waals surface area contributed by atoms with Crippen molar-refractivity contribution >= 4 is 0 Å². The first kappa shape index (κ1) is 15.6. The third-order valence-electron chi connectivity index (χ3n) is 2.18. The summed E-state index contributed by atoms with van der Waals surface area (Å²) >= 11 is 0. The molecule has 0 aliphatic rings. The summed E-state index contributed by atoms with van der Waals surface area (Å²) in [5.74, 6) is -0.884. The number of hydrogen-bond acceptors (Lipinski definition) is 3. The van der Waals surface area contributed by atoms with Gasteiger partial charge in [-0.2, -0.15) is 13.2 Å². The molecule has 0 fully saturated rings. The maximum absolute atomic E-state index is 12.3. The molecule has 0 aliphatic heterocycles. The molecule has 1 rings (SSSR count). The van der Waals surface area contributed by atoms with Crippen molar-refractivity contribution in [3.63, 3.8) is 0 Å². The van der Waals surface area contributed by atoms with Crippen LogP contribution in [-0.4, -0.2) is 23.7 Å². The first-order valence-corrected chi connectivity index (χ1v) is 4.87. The van der Waals surface area contributed by atoms with Gasteiger partial charge in [0.15, 0.2) is 6.10 Å². The van der Waals surface area contributed by atoms with E-state index in [9.17, 15) is 26.3 Å². The molecule has 0 heterocycles. The molecule has 0 saturated carbocycles. The number of nitrogens with two attached hydrogens (primary N) is 1. The van der Waals surface area contributed by atoms with Gasteiger partial charge < -0.3 is 15.6 Å². The van der Waals surface area contributed by atoms with E-state index in [0.717, 1.165) is 18.2 Å². The third-order valence-corrected chi connectivity index (χ3v) is 2.18. The van der Waals surface area contributed by atoms with Gasteiger partial charge in [-0.05, 0) is 6.07 Å². The zero-order valence-electron chi connectivity index (χ0n) is 9.16. The highest BCUT2D eigenvalue weighted by Crippen LogP contribution is 2.34. The van der Waals surface area contributed by atoms with E-state index >= 15 is 0 Å². The zero-order chi connectivity index (χ0) is 14.8. The van der Waals surface area contributed by atoms with E-state index < -0.39 is 36.0 Å². The van der Waals surface area contributed by atoms with Crippen molar-refractivity contribution in [1.82, 2.24) is 0 Å². The highest BCUT2D eigenvalue weighted by Gasteiger charge is 2.44. The second kappa shape index (κ2) is 5.25. The molecule has 0 aliphatic carbocycles. The Morgan fingerprint density at radius 2 is 1.58 bits per heavy atom. The van der Waals surface area contributed by atoms with Gasteiger partial charge in [0.25, 0.3) is 0 Å². The van der Waals surface area contributed by atoms with Gasteiger partial charge in [-0.3, -0.25) is 0 Å². The largest absolute Gasteiger partial charge is 0.573 e. The summed E-state index contributed by atoms with van der Waals surface area (Å²) in [5, 5.41) is 8.94. The van der Waals surface area contributed by atoms with Crippen LogP contribution in [0.1, 0.15) is 11.6 Å². The van der Waals surface area contributed by atoms with E-state index in [0.29, 0.717) is 0 Å². The molecule has 9 heteroatoms. The zero-order valence-corrected chi connectivity index (χ0v) is 9.16. The van der Waals surface area contributed by atoms with E-state index in [-0.39, 0.29) is 0 Å². The smallest absolute Gasteiger partial charge is 0.405 e. The van der Waals surface area contributed by atoms with E-state index in [1.54, 1.807) is 0 Å². The molecule has 3 N–H and O–H groups in total. The lowest BCUT2D eigenvalue weighted by molar-refractivity contribution is -0.275. The van der Waals surface area contributed by atoms with Gasteiger partial charge in [0.2, 0.25) is 0 Å². The summed E-state index contributed by atoms with van der Waals surface area (Å²) in [6.07, 6.45) is -13.1. The maximum Gasteiger partial charge on any atom is 0.573 e. The van der Waals surface area contributed by atoms with Crippen molar-refractivity contribution < 1.29 is 36.2 Å². The summed E-state index contributed by atoms with van der Waals surface area (Å²) in [4.78, 5) is 0. The molecule has 0 spiro atoms. The van der Waals surface area contributed by atoms with Crippen molar-refractivity contribution in [3.05, 3.63) is 29.8 Å². The molecule has 0 aromatic heterocycles. The normalized spacial score (nSPS) is 16.0. The number of alkyl halides is 6. The molecule has 0 saturated heterocycles. The van der Waals surface area contributed by atoms with Gasteiger partial charge in [-0.25, -0.2) is 0 Å². The van der Waals surface area contributed by atoms with Crippen molar-refractivity contribution in [2.75, 3.05) is 0 Å². The third kappa shape index (κ3) is 4.28. The Balaban J connectivity index is 3.07. The standard InChI is InChI=1S/C10H9F6NO2/c11-9(12,13)8(18)7(17)5-3-1-2-4-6(5)19-10(14,15)16/h1-4,7-8,18H,17H2/t7-,8-/m1/s1. The minimum atomic E-state index is -5.07. The number of hydrogen-bond donors (Lipinski definition) is 2. The number of ether oxygens (including phenoxy) is 1. The van der Waals surface area contributed by atoms with Crippen LogP contribution >= 0.6 is 0 Å². The molecule has 19 heavy (non-hydrogen) atoms. The molecule has 1 aromatic carbocycles. The van der Waals surface area contributed by atoms with E-state index in [1.165, 1.54) is 6.07 Å². The maximum atomic E-state index is 12.3. The Kier molecular flexibility index (Phi) is 4.31. The highest BCUT2D eigenvalue weighted by atomic mass is 19.4. The van der Waals surface area contributed by atoms with Crippen molar-refractivity contribution in [2.45, 2.75) is 24.7 Å². The van der Waals surface area contributed by atoms with Gasteiger partial charge in [0.05, 0.1) is 6.04 Å². The van der Waals surface area contributed by atoms with Gasteiger partial charge >= 0.3 is 12.5 Å². The quantitative estimate of drug-likeness (QED) is 0.841. The molecular formula is C10H9F6NO2. The summed E-state index contributed by atoms with van der Waals surface area (Å²) < 4.78 is 76.6. The first-order valence-electron chi connectivity index (χ1n) is 4.87. The van der Waals surface area contributed by atoms with Crippen LogP contribution in [0.2, 0.25) is 0 Å². The molecule has 3 nitrogen and oxygen atoms in total. The van der Waals surface area contributed by atoms with Crippen LogP contribution in [0, 0.1) is 0 Å². The predicted molar refractivity (Wildman–Crippen MR) is 52.1 cm³/mol. The number of benzene rings is 1. The Morgan fingerprint density at radius 3 is 2.05 bits per heavy atom. The van der Waals surface area contributed by atoms with Crippen molar-refractivity contribution in [1.29, 1.82) is 0 Å². The molecular weight excluding hydrogens is 280 g/mol. The summed E-state index contributed by atoms with van der Waals surface area (Å²) in [6.45, 7) is 0. The van der Waals surface area contributed by atoms with Gasteiger partial charge in [-0.1, -0.05) is 18.2 Å². The lowest BCUT2D eigenvalue weighted by Crippen LogP contribution is -2.39. The molecule has 108 valence electrons. The lowest BCUT2D eigenvalue weighted by Gasteiger charge is -2.23. The average molecular weight is 289 g/mol. The minimum absolute atomic E-state index is 0.593. The molecule has 0 bridgehead atoms. The van der Waals surface area contributed by atoms with E-state index in [2.05, 4.69) is 4.74 Å². The van der Waals surface area contributed by atoms with Crippen LogP contribution in [0.4, 0.5) is 26.3 Å². The van der Waals surface area contributed by atoms with Crippen LogP contribution in [0.5, 0.6) is 5.75 Å². The van der Waals surface area contributed by atoms with Crippen LogP contribution in [-0.2, 0) is 0 Å². The fraction of sp³-hybridized carbons (Fsp3) is 0.400. The minimum Gasteiger partial charge on any atom is -0.405 e. The first-order chi connectivity index (χ1) is 8.52. The van der Waals surface area contributed by atoms with E-state index in [1.807, 2.05) is 0 Å². The Bertz CT molecular complexity index is 431. The van der Waals surface area contributed by atoms with Gasteiger partial charge in [0, 0.05) is 5.56 Å². The number of aliphatic hydroxyl groups excluding tert-OH is 1. The molecule has 0 amide bonds. The number of halogens is 6. The second-order valence-electron chi connectivity index (χ2n) is 3.60. The Labute approximate surface area is 103 Å². The van der Waals surface area contributed by atoms with Crippen LogP contribution < -0.4 is 10.5 Å². The van der Waals surface area contributed by atoms with E-state index in [4.69, 9.17) is 10.8 Å². The van der Waals surface area contributed by atoms with Gasteiger partial charge in [0.1, 0.15) is 5.75 Å². The highest BCUT2D eigenvalue weighted by molar-refractivity contribution is 5.36. The predicted octanol–water partition coefficient (Wildman–Crippen LogP) is 2.51. The summed E-state index contributed by atoms with van der Waals surface area (Å²) in [5.41, 5.74) is 4.53. The van der Waals surface area contributed by atoms with Crippen molar-refractivity contribution in [2.24, 2.45) is 5.73 Å². The topological polar surface area (TPSA) is 55.5 Å². The average Bonchev–Trinajstić information content (AvgIpc) is 2.24. The Morgan fingerprint density at radius 1 is 1.05 bits per heavy atom. The number of aliphatic hydroxyl groups is 1. The Hall–Kier alpha value is -1.48. The number of rotatable bonds is 3. The SMILES string of the molecule is N[C@H](c1ccccc1OC(F)(F)F)[C@@H](O)C(F)(F)F. The molecule has 1 aromatic rings. The van der Waals surface area contributed by atoms with Gasteiger partial charge in [-0.15, -0.1) is 13.2 Å². The number of para-hydroxylation sites is 1. The van der Waals surface area contributed by atoms with Crippen molar-refractivity contribution in [3.8, 4) is 5.75 Å². The lowest BCUT2D eigenvalue weighted by atomic mass is 10.0. The van der Waals surface area contributed by atoms with Crippen LogP contribution in [0.25, 0.3) is 0 Å². The summed E-state index contributed by atoms with van der Waals surface area (Å²) in [7, 11) is 0.